The summed E-state index contributed by atoms with van der Waals surface area (Å²) in [5, 5.41) is 13.0. The zero-order valence-electron chi connectivity index (χ0n) is 14.8. The Morgan fingerprint density at radius 3 is 2.81 bits per heavy atom. The Balaban J connectivity index is 1.39. The number of hydrogen-bond acceptors (Lipinski definition) is 6. The molecule has 2 aromatic rings. The molecule has 1 amide bonds. The van der Waals surface area contributed by atoms with E-state index in [-0.39, 0.29) is 11.3 Å². The van der Waals surface area contributed by atoms with Gasteiger partial charge >= 0.3 is 0 Å². The van der Waals surface area contributed by atoms with Gasteiger partial charge in [0.25, 0.3) is 0 Å². The van der Waals surface area contributed by atoms with Gasteiger partial charge in [0.05, 0.1) is 12.4 Å². The highest BCUT2D eigenvalue weighted by atomic mass is 32.1. The van der Waals surface area contributed by atoms with E-state index in [9.17, 15) is 4.79 Å². The Hall–Kier alpha value is -2.46. The second-order valence-corrected chi connectivity index (χ2v) is 8.00. The number of amides is 1. The predicted molar refractivity (Wildman–Crippen MR) is 99.6 cm³/mol. The van der Waals surface area contributed by atoms with E-state index in [0.717, 1.165) is 44.7 Å². The summed E-state index contributed by atoms with van der Waals surface area (Å²) < 4.78 is 0. The monoisotopic (exact) mass is 367 g/mol. The maximum atomic E-state index is 12.2. The Bertz CT molecular complexity index is 819. The van der Waals surface area contributed by atoms with Crippen molar-refractivity contribution in [3.63, 3.8) is 0 Å². The maximum Gasteiger partial charge on any atom is 0.220 e. The van der Waals surface area contributed by atoms with Crippen molar-refractivity contribution in [2.24, 2.45) is 5.41 Å². The van der Waals surface area contributed by atoms with E-state index in [1.807, 2.05) is 6.07 Å². The third-order valence-electron chi connectivity index (χ3n) is 5.70. The first kappa shape index (κ1) is 17.0. The van der Waals surface area contributed by atoms with Crippen LogP contribution in [-0.4, -0.2) is 39.9 Å². The van der Waals surface area contributed by atoms with Gasteiger partial charge in [-0.3, -0.25) is 4.79 Å². The van der Waals surface area contributed by atoms with E-state index >= 15 is 0 Å². The summed E-state index contributed by atoms with van der Waals surface area (Å²) in [5.74, 6) is 0.996. The Kier molecular flexibility index (Phi) is 4.37. The number of rotatable bonds is 4. The summed E-state index contributed by atoms with van der Waals surface area (Å²) >= 11 is 1.68. The number of carbonyl (C=O) groups is 1. The highest BCUT2D eigenvalue weighted by Crippen LogP contribution is 2.57. The van der Waals surface area contributed by atoms with Crippen LogP contribution in [0.1, 0.15) is 37.4 Å². The highest BCUT2D eigenvalue weighted by molar-refractivity contribution is 7.07. The molecule has 1 aliphatic heterocycles. The Labute approximate surface area is 157 Å². The summed E-state index contributed by atoms with van der Waals surface area (Å²) in [7, 11) is 0. The minimum absolute atomic E-state index is 0.165. The van der Waals surface area contributed by atoms with E-state index in [1.54, 1.807) is 24.5 Å². The molecule has 0 unspecified atom stereocenters. The molecule has 2 aliphatic rings. The number of aromatic nitrogens is 2. The third-order valence-corrected chi connectivity index (χ3v) is 6.43. The number of nitrogens with zero attached hydrogens (tertiary/aromatic N) is 5. The van der Waals surface area contributed by atoms with Gasteiger partial charge in [0.1, 0.15) is 11.9 Å². The van der Waals surface area contributed by atoms with Gasteiger partial charge in [-0.1, -0.05) is 0 Å². The standard InChI is InChI=1S/C19H21N5OS/c1-14(25)24(12-15-2-7-26-13-15)17-8-19(17)3-5-23(6-4-19)18-11-21-16(9-20)10-22-18/h2,7,10-11,13,17H,3-6,8,12H2,1H3/t17-/m1/s1. The third kappa shape index (κ3) is 3.17. The lowest BCUT2D eigenvalue weighted by Crippen LogP contribution is -2.40. The van der Waals surface area contributed by atoms with Gasteiger partial charge in [-0.2, -0.15) is 16.6 Å². The quantitative estimate of drug-likeness (QED) is 0.831. The van der Waals surface area contributed by atoms with Gasteiger partial charge in [0.2, 0.25) is 5.91 Å². The average Bonchev–Trinajstić information content (AvgIpc) is 3.09. The van der Waals surface area contributed by atoms with Crippen LogP contribution in [0.2, 0.25) is 0 Å². The molecule has 0 aromatic carbocycles. The van der Waals surface area contributed by atoms with E-state index in [4.69, 9.17) is 5.26 Å². The van der Waals surface area contributed by atoms with Crippen LogP contribution < -0.4 is 4.90 Å². The van der Waals surface area contributed by atoms with E-state index < -0.39 is 0 Å². The molecule has 4 rings (SSSR count). The Morgan fingerprint density at radius 1 is 1.42 bits per heavy atom. The fraction of sp³-hybridized carbons (Fsp3) is 0.474. The largest absolute Gasteiger partial charge is 0.355 e. The number of thiophene rings is 1. The van der Waals surface area contributed by atoms with Gasteiger partial charge in [0.15, 0.2) is 5.69 Å². The molecule has 1 saturated carbocycles. The lowest BCUT2D eigenvalue weighted by molar-refractivity contribution is -0.130. The minimum Gasteiger partial charge on any atom is -0.355 e. The molecule has 1 atom stereocenters. The van der Waals surface area contributed by atoms with E-state index in [0.29, 0.717) is 11.7 Å². The van der Waals surface area contributed by atoms with Crippen molar-refractivity contribution in [1.82, 2.24) is 14.9 Å². The summed E-state index contributed by atoms with van der Waals surface area (Å²) in [6.45, 7) is 4.23. The first-order valence-electron chi connectivity index (χ1n) is 8.87. The van der Waals surface area contributed by atoms with Crippen LogP contribution in [-0.2, 0) is 11.3 Å². The van der Waals surface area contributed by atoms with Crippen molar-refractivity contribution in [3.8, 4) is 6.07 Å². The van der Waals surface area contributed by atoms with Crippen molar-refractivity contribution in [2.45, 2.75) is 38.8 Å². The molecule has 0 radical (unpaired) electrons. The van der Waals surface area contributed by atoms with Crippen LogP contribution >= 0.6 is 11.3 Å². The molecule has 3 heterocycles. The maximum absolute atomic E-state index is 12.2. The fourth-order valence-electron chi connectivity index (χ4n) is 4.05. The molecule has 1 spiro atoms. The van der Waals surface area contributed by atoms with Crippen molar-refractivity contribution < 1.29 is 4.79 Å². The molecule has 0 N–H and O–H groups in total. The van der Waals surface area contributed by atoms with Gasteiger partial charge in [-0.25, -0.2) is 9.97 Å². The molecule has 2 aromatic heterocycles. The number of anilines is 1. The molecule has 1 aliphatic carbocycles. The number of nitriles is 1. The summed E-state index contributed by atoms with van der Waals surface area (Å²) in [5.41, 5.74) is 1.82. The molecular formula is C19H21N5OS. The first-order valence-corrected chi connectivity index (χ1v) is 9.81. The molecule has 7 heteroatoms. The predicted octanol–water partition coefficient (Wildman–Crippen LogP) is 2.82. The molecule has 134 valence electrons. The fourth-order valence-corrected chi connectivity index (χ4v) is 4.71. The van der Waals surface area contributed by atoms with Crippen molar-refractivity contribution >= 4 is 23.1 Å². The lowest BCUT2D eigenvalue weighted by atomic mass is 9.92. The van der Waals surface area contributed by atoms with Crippen molar-refractivity contribution in [3.05, 3.63) is 40.5 Å². The molecular weight excluding hydrogens is 346 g/mol. The van der Waals surface area contributed by atoms with E-state index in [1.165, 1.54) is 11.8 Å². The van der Waals surface area contributed by atoms with Gasteiger partial charge in [-0.15, -0.1) is 0 Å². The summed E-state index contributed by atoms with van der Waals surface area (Å²) in [4.78, 5) is 24.9. The topological polar surface area (TPSA) is 73.1 Å². The lowest BCUT2D eigenvalue weighted by Gasteiger charge is -2.35. The summed E-state index contributed by atoms with van der Waals surface area (Å²) in [6.07, 6.45) is 6.43. The Morgan fingerprint density at radius 2 is 2.23 bits per heavy atom. The number of carbonyl (C=O) groups excluding carboxylic acids is 1. The highest BCUT2D eigenvalue weighted by Gasteiger charge is 2.58. The second kappa shape index (κ2) is 6.69. The smallest absolute Gasteiger partial charge is 0.220 e. The number of hydrogen-bond donors (Lipinski definition) is 0. The van der Waals surface area contributed by atoms with Crippen LogP contribution in [0, 0.1) is 16.7 Å². The van der Waals surface area contributed by atoms with E-state index in [2.05, 4.69) is 36.6 Å². The average molecular weight is 367 g/mol. The van der Waals surface area contributed by atoms with Gasteiger partial charge < -0.3 is 9.80 Å². The van der Waals surface area contributed by atoms with Crippen LogP contribution in [0.3, 0.4) is 0 Å². The second-order valence-electron chi connectivity index (χ2n) is 7.22. The van der Waals surface area contributed by atoms with Crippen LogP contribution in [0.4, 0.5) is 5.82 Å². The zero-order valence-corrected chi connectivity index (χ0v) is 15.6. The molecule has 0 bridgehead atoms. The van der Waals surface area contributed by atoms with Crippen LogP contribution in [0.5, 0.6) is 0 Å². The van der Waals surface area contributed by atoms with Crippen LogP contribution in [0.25, 0.3) is 0 Å². The summed E-state index contributed by atoms with van der Waals surface area (Å²) in [6, 6.07) is 4.45. The van der Waals surface area contributed by atoms with Crippen molar-refractivity contribution in [1.29, 1.82) is 5.26 Å². The molecule has 2 fully saturated rings. The zero-order chi connectivity index (χ0) is 18.1. The number of piperidine rings is 1. The van der Waals surface area contributed by atoms with Gasteiger partial charge in [0, 0.05) is 32.6 Å². The van der Waals surface area contributed by atoms with Gasteiger partial charge in [-0.05, 0) is 47.1 Å². The normalized spacial score (nSPS) is 20.6. The molecule has 26 heavy (non-hydrogen) atoms. The first-order chi connectivity index (χ1) is 12.6. The van der Waals surface area contributed by atoms with Crippen molar-refractivity contribution in [2.75, 3.05) is 18.0 Å². The van der Waals surface area contributed by atoms with Crippen LogP contribution in [0.15, 0.2) is 29.2 Å². The molecule has 1 saturated heterocycles. The SMILES string of the molecule is CC(=O)N(Cc1ccsc1)[C@@H]1CC12CCN(c1cnc(C#N)cn1)CC2. The molecule has 6 nitrogen and oxygen atoms in total. The minimum atomic E-state index is 0.165.